The minimum atomic E-state index is -0.249. The number of carbonyl (C=O) groups is 2. The molecule has 2 amide bonds. The fourth-order valence-electron chi connectivity index (χ4n) is 3.12. The van der Waals surface area contributed by atoms with E-state index in [9.17, 15) is 9.59 Å². The van der Waals surface area contributed by atoms with Crippen LogP contribution in [0.2, 0.25) is 0 Å². The highest BCUT2D eigenvalue weighted by Gasteiger charge is 2.27. The predicted molar refractivity (Wildman–Crippen MR) is 96.2 cm³/mol. The highest BCUT2D eigenvalue weighted by atomic mass is 32.1. The maximum Gasteiger partial charge on any atom is 0.289 e. The lowest BCUT2D eigenvalue weighted by Gasteiger charge is -2.32. The number of hydrogen-bond acceptors (Lipinski definition) is 7. The van der Waals surface area contributed by atoms with E-state index >= 15 is 0 Å². The van der Waals surface area contributed by atoms with Gasteiger partial charge in [-0.1, -0.05) is 11.4 Å². The van der Waals surface area contributed by atoms with Crippen LogP contribution in [0.3, 0.4) is 0 Å². The molecule has 1 unspecified atom stereocenters. The van der Waals surface area contributed by atoms with Gasteiger partial charge in [0.25, 0.3) is 11.8 Å². The van der Waals surface area contributed by atoms with E-state index in [1.165, 1.54) is 0 Å². The lowest BCUT2D eigenvalue weighted by molar-refractivity contribution is 0.0674. The zero-order valence-electron chi connectivity index (χ0n) is 15.2. The van der Waals surface area contributed by atoms with Crippen LogP contribution in [0, 0.1) is 19.8 Å². The van der Waals surface area contributed by atoms with E-state index in [1.54, 1.807) is 13.8 Å². The van der Waals surface area contributed by atoms with Crippen molar-refractivity contribution < 1.29 is 14.0 Å². The van der Waals surface area contributed by atoms with Crippen LogP contribution < -0.4 is 5.32 Å². The summed E-state index contributed by atoms with van der Waals surface area (Å²) in [6.07, 6.45) is 2.54. The Morgan fingerprint density at radius 1 is 1.35 bits per heavy atom. The van der Waals surface area contributed by atoms with E-state index in [0.717, 1.165) is 30.9 Å². The summed E-state index contributed by atoms with van der Waals surface area (Å²) in [5, 5.41) is 6.83. The third kappa shape index (κ3) is 3.92. The molecule has 1 N–H and O–H groups in total. The predicted octanol–water partition coefficient (Wildman–Crippen LogP) is 1.99. The van der Waals surface area contributed by atoms with E-state index in [-0.39, 0.29) is 23.5 Å². The summed E-state index contributed by atoms with van der Waals surface area (Å²) >= 11 is 1.13. The van der Waals surface area contributed by atoms with Gasteiger partial charge in [-0.05, 0) is 44.1 Å². The number of nitrogens with one attached hydrogen (secondary N) is 1. The minimum absolute atomic E-state index is 0.0211. The number of likely N-dealkylation sites (tertiary alicyclic amines) is 1. The fraction of sp³-hybridized carbons (Fsp3) is 0.588. The van der Waals surface area contributed by atoms with Gasteiger partial charge in [0.1, 0.15) is 4.88 Å². The van der Waals surface area contributed by atoms with Gasteiger partial charge >= 0.3 is 0 Å². The van der Waals surface area contributed by atoms with Crippen molar-refractivity contribution in [3.8, 4) is 0 Å². The van der Waals surface area contributed by atoms with Crippen LogP contribution in [0.4, 0.5) is 0 Å². The van der Waals surface area contributed by atoms with Crippen LogP contribution in [0.15, 0.2) is 4.42 Å². The molecule has 0 spiro atoms. The zero-order chi connectivity index (χ0) is 18.7. The topological polar surface area (TPSA) is 101 Å². The first-order valence-corrected chi connectivity index (χ1v) is 9.59. The Bertz CT molecular complexity index is 800. The van der Waals surface area contributed by atoms with Gasteiger partial charge in [0.2, 0.25) is 5.76 Å². The van der Waals surface area contributed by atoms with Gasteiger partial charge < -0.3 is 14.6 Å². The maximum atomic E-state index is 12.6. The van der Waals surface area contributed by atoms with E-state index in [4.69, 9.17) is 4.42 Å². The molecule has 3 rings (SSSR count). The number of carbonyl (C=O) groups excluding carboxylic acids is 2. The van der Waals surface area contributed by atoms with Gasteiger partial charge in [-0.2, -0.15) is 0 Å². The highest BCUT2D eigenvalue weighted by molar-refractivity contribution is 7.07. The van der Waals surface area contributed by atoms with Crippen molar-refractivity contribution in [3.63, 3.8) is 0 Å². The number of aryl methyl sites for hydroxylation is 3. The molecule has 0 aliphatic carbocycles. The number of piperidine rings is 1. The van der Waals surface area contributed by atoms with Crippen LogP contribution in [-0.4, -0.2) is 50.9 Å². The molecule has 0 aromatic carbocycles. The molecule has 8 nitrogen and oxygen atoms in total. The Labute approximate surface area is 156 Å². The van der Waals surface area contributed by atoms with Crippen molar-refractivity contribution in [1.29, 1.82) is 0 Å². The van der Waals surface area contributed by atoms with Gasteiger partial charge in [-0.15, -0.1) is 5.10 Å². The maximum absolute atomic E-state index is 12.6. The highest BCUT2D eigenvalue weighted by Crippen LogP contribution is 2.21. The lowest BCUT2D eigenvalue weighted by Crippen LogP contribution is -2.43. The molecule has 0 radical (unpaired) electrons. The molecule has 0 saturated carbocycles. The Kier molecular flexibility index (Phi) is 5.65. The average molecular weight is 377 g/mol. The second kappa shape index (κ2) is 7.94. The van der Waals surface area contributed by atoms with Crippen molar-refractivity contribution in [2.75, 3.05) is 19.6 Å². The summed E-state index contributed by atoms with van der Waals surface area (Å²) in [7, 11) is 0. The normalized spacial score (nSPS) is 17.3. The smallest absolute Gasteiger partial charge is 0.289 e. The fourth-order valence-corrected chi connectivity index (χ4v) is 3.74. The SMILES string of the molecule is CCc1nc(C)c(C(=O)NCC2CCCN(C(=O)c3snnc3C)C2)o1. The second-order valence-corrected chi connectivity index (χ2v) is 7.29. The lowest BCUT2D eigenvalue weighted by atomic mass is 9.97. The third-order valence-corrected chi connectivity index (χ3v) is 5.37. The van der Waals surface area contributed by atoms with Gasteiger partial charge in [0.15, 0.2) is 5.89 Å². The van der Waals surface area contributed by atoms with Crippen LogP contribution in [0.1, 0.15) is 57.3 Å². The molecule has 140 valence electrons. The summed E-state index contributed by atoms with van der Waals surface area (Å²) in [4.78, 5) is 31.6. The largest absolute Gasteiger partial charge is 0.435 e. The van der Waals surface area contributed by atoms with Crippen molar-refractivity contribution in [1.82, 2.24) is 24.8 Å². The summed E-state index contributed by atoms with van der Waals surface area (Å²) in [5.41, 5.74) is 1.27. The second-order valence-electron chi connectivity index (χ2n) is 6.53. The van der Waals surface area contributed by atoms with Crippen LogP contribution in [0.5, 0.6) is 0 Å². The number of oxazole rings is 1. The first-order chi connectivity index (χ1) is 12.5. The zero-order valence-corrected chi connectivity index (χ0v) is 16.1. The molecule has 0 bridgehead atoms. The van der Waals surface area contributed by atoms with E-state index < -0.39 is 0 Å². The Hall–Kier alpha value is -2.29. The van der Waals surface area contributed by atoms with Gasteiger partial charge in [0, 0.05) is 26.1 Å². The molecule has 1 aliphatic rings. The molecule has 9 heteroatoms. The Balaban J connectivity index is 1.57. The quantitative estimate of drug-likeness (QED) is 0.855. The molecule has 2 aromatic rings. The molecule has 3 heterocycles. The molecule has 1 aliphatic heterocycles. The van der Waals surface area contributed by atoms with Crippen molar-refractivity contribution in [3.05, 3.63) is 27.9 Å². The van der Waals surface area contributed by atoms with E-state index in [1.807, 2.05) is 11.8 Å². The number of aromatic nitrogens is 3. The van der Waals surface area contributed by atoms with Crippen LogP contribution >= 0.6 is 11.5 Å². The molecule has 1 saturated heterocycles. The van der Waals surface area contributed by atoms with E-state index in [2.05, 4.69) is 19.9 Å². The summed E-state index contributed by atoms with van der Waals surface area (Å²) in [6.45, 7) is 7.34. The van der Waals surface area contributed by atoms with E-state index in [0.29, 0.717) is 41.7 Å². The molecule has 2 aromatic heterocycles. The summed E-state index contributed by atoms with van der Waals surface area (Å²) in [6, 6.07) is 0. The number of rotatable bonds is 5. The molecule has 1 fully saturated rings. The number of amides is 2. The Morgan fingerprint density at radius 2 is 2.15 bits per heavy atom. The van der Waals surface area contributed by atoms with Gasteiger partial charge in [-0.3, -0.25) is 9.59 Å². The molecular weight excluding hydrogens is 354 g/mol. The van der Waals surface area contributed by atoms with Crippen molar-refractivity contribution in [2.24, 2.45) is 5.92 Å². The molecule has 1 atom stereocenters. The monoisotopic (exact) mass is 377 g/mol. The third-order valence-electron chi connectivity index (χ3n) is 4.55. The average Bonchev–Trinajstić information content (AvgIpc) is 3.24. The first-order valence-electron chi connectivity index (χ1n) is 8.82. The van der Waals surface area contributed by atoms with Crippen LogP contribution in [-0.2, 0) is 6.42 Å². The summed E-state index contributed by atoms with van der Waals surface area (Å²) in [5.74, 6) is 0.784. The van der Waals surface area contributed by atoms with Crippen molar-refractivity contribution in [2.45, 2.75) is 40.0 Å². The number of nitrogens with zero attached hydrogens (tertiary/aromatic N) is 4. The van der Waals surface area contributed by atoms with Gasteiger partial charge in [-0.25, -0.2) is 4.98 Å². The number of hydrogen-bond donors (Lipinski definition) is 1. The standard InChI is InChI=1S/C17H23N5O3S/c1-4-13-19-10(2)14(25-13)16(23)18-8-12-6-5-7-22(9-12)17(24)15-11(3)20-21-26-15/h12H,4-9H2,1-3H3,(H,18,23). The molecular formula is C17H23N5O3S. The molecule has 26 heavy (non-hydrogen) atoms. The van der Waals surface area contributed by atoms with Gasteiger partial charge in [0.05, 0.1) is 11.4 Å². The Morgan fingerprint density at radius 3 is 2.81 bits per heavy atom. The first kappa shape index (κ1) is 18.5. The van der Waals surface area contributed by atoms with Crippen LogP contribution in [0.25, 0.3) is 0 Å². The minimum Gasteiger partial charge on any atom is -0.435 e. The summed E-state index contributed by atoms with van der Waals surface area (Å²) < 4.78 is 9.32. The van der Waals surface area contributed by atoms with Crippen molar-refractivity contribution >= 4 is 23.3 Å².